The van der Waals surface area contributed by atoms with Crippen LogP contribution in [0.5, 0.6) is 0 Å². The van der Waals surface area contributed by atoms with Crippen LogP contribution in [0.25, 0.3) is 5.82 Å². The van der Waals surface area contributed by atoms with E-state index >= 15 is 0 Å². The number of halogens is 1. The molecule has 1 aliphatic heterocycles. The van der Waals surface area contributed by atoms with Gasteiger partial charge in [-0.2, -0.15) is 5.10 Å². The Balaban J connectivity index is 1.50. The predicted octanol–water partition coefficient (Wildman–Crippen LogP) is 2.45. The van der Waals surface area contributed by atoms with Gasteiger partial charge < -0.3 is 9.80 Å². The summed E-state index contributed by atoms with van der Waals surface area (Å²) >= 11 is 3.43. The van der Waals surface area contributed by atoms with Crippen LogP contribution in [-0.4, -0.2) is 50.9 Å². The molecule has 0 unspecified atom stereocenters. The van der Waals surface area contributed by atoms with Crippen LogP contribution in [0.1, 0.15) is 5.82 Å². The van der Waals surface area contributed by atoms with Crippen molar-refractivity contribution in [2.24, 2.45) is 0 Å². The van der Waals surface area contributed by atoms with Crippen molar-refractivity contribution >= 4 is 27.6 Å². The van der Waals surface area contributed by atoms with Gasteiger partial charge in [-0.25, -0.2) is 19.6 Å². The fourth-order valence-electron chi connectivity index (χ4n) is 2.94. The third kappa shape index (κ3) is 3.48. The first kappa shape index (κ1) is 16.0. The Hall–Kier alpha value is -2.48. The summed E-state index contributed by atoms with van der Waals surface area (Å²) in [7, 11) is 0. The minimum absolute atomic E-state index is 0.750. The second-order valence-corrected chi connectivity index (χ2v) is 6.81. The highest BCUT2D eigenvalue weighted by Crippen LogP contribution is 2.20. The maximum Gasteiger partial charge on any atom is 0.159 e. The number of nitrogens with zero attached hydrogens (tertiary/aromatic N) is 7. The molecule has 0 bridgehead atoms. The second-order valence-electron chi connectivity index (χ2n) is 5.89. The third-order valence-electron chi connectivity index (χ3n) is 4.19. The van der Waals surface area contributed by atoms with E-state index in [1.54, 1.807) is 10.9 Å². The van der Waals surface area contributed by atoms with Crippen LogP contribution in [0.15, 0.2) is 47.3 Å². The molecular weight excluding hydrogens is 382 g/mol. The molecule has 0 spiro atoms. The molecule has 1 aliphatic rings. The van der Waals surface area contributed by atoms with Crippen LogP contribution in [0.3, 0.4) is 0 Å². The third-order valence-corrected chi connectivity index (χ3v) is 4.66. The summed E-state index contributed by atoms with van der Waals surface area (Å²) in [4.78, 5) is 18.2. The maximum absolute atomic E-state index is 4.61. The second kappa shape index (κ2) is 6.79. The molecule has 8 heteroatoms. The van der Waals surface area contributed by atoms with Crippen LogP contribution in [-0.2, 0) is 0 Å². The van der Waals surface area contributed by atoms with Gasteiger partial charge in [0.05, 0.1) is 0 Å². The monoisotopic (exact) mass is 399 g/mol. The van der Waals surface area contributed by atoms with Gasteiger partial charge in [0.1, 0.15) is 17.5 Å². The van der Waals surface area contributed by atoms with Gasteiger partial charge in [0.25, 0.3) is 0 Å². The van der Waals surface area contributed by atoms with Crippen LogP contribution in [0.4, 0.5) is 11.6 Å². The number of aryl methyl sites for hydroxylation is 1. The SMILES string of the molecule is Cc1nc(N2CCN(c3ccc(Br)cn3)CC2)cc(-n2cccn2)n1. The minimum Gasteiger partial charge on any atom is -0.353 e. The van der Waals surface area contributed by atoms with Crippen LogP contribution < -0.4 is 9.80 Å². The average Bonchev–Trinajstić information content (AvgIpc) is 3.17. The number of aromatic nitrogens is 5. The summed E-state index contributed by atoms with van der Waals surface area (Å²) in [5.41, 5.74) is 0. The molecule has 3 aromatic heterocycles. The zero-order valence-electron chi connectivity index (χ0n) is 13.9. The van der Waals surface area contributed by atoms with E-state index in [0.29, 0.717) is 0 Å². The minimum atomic E-state index is 0.750. The summed E-state index contributed by atoms with van der Waals surface area (Å²) in [6.07, 6.45) is 5.48. The smallest absolute Gasteiger partial charge is 0.159 e. The van der Waals surface area contributed by atoms with Crippen molar-refractivity contribution in [1.82, 2.24) is 24.7 Å². The van der Waals surface area contributed by atoms with E-state index in [1.807, 2.05) is 43.6 Å². The lowest BCUT2D eigenvalue weighted by molar-refractivity contribution is 0.639. The van der Waals surface area contributed by atoms with Gasteiger partial charge in [-0.1, -0.05) is 0 Å². The summed E-state index contributed by atoms with van der Waals surface area (Å²) in [5.74, 6) is 3.50. The number of hydrogen-bond acceptors (Lipinski definition) is 6. The Morgan fingerprint density at radius 2 is 1.68 bits per heavy atom. The molecule has 0 atom stereocenters. The standard InChI is InChI=1S/C17H18BrN7/c1-13-21-16(11-17(22-13)25-6-2-5-20-25)24-9-7-23(8-10-24)15-4-3-14(18)12-19-15/h2-6,11-12H,7-10H2,1H3. The Kier molecular flexibility index (Phi) is 4.35. The zero-order valence-corrected chi connectivity index (χ0v) is 15.5. The topological polar surface area (TPSA) is 63.0 Å². The fraction of sp³-hybridized carbons (Fsp3) is 0.294. The highest BCUT2D eigenvalue weighted by atomic mass is 79.9. The predicted molar refractivity (Wildman–Crippen MR) is 100 cm³/mol. The first-order valence-electron chi connectivity index (χ1n) is 8.16. The van der Waals surface area contributed by atoms with Crippen molar-refractivity contribution in [2.45, 2.75) is 6.92 Å². The number of anilines is 2. The van der Waals surface area contributed by atoms with Crippen LogP contribution in [0.2, 0.25) is 0 Å². The molecule has 4 heterocycles. The van der Waals surface area contributed by atoms with Crippen molar-refractivity contribution in [3.63, 3.8) is 0 Å². The summed E-state index contributed by atoms with van der Waals surface area (Å²) in [6, 6.07) is 7.96. The van der Waals surface area contributed by atoms with Crippen molar-refractivity contribution in [3.05, 3.63) is 53.2 Å². The Morgan fingerprint density at radius 3 is 2.32 bits per heavy atom. The lowest BCUT2D eigenvalue weighted by Crippen LogP contribution is -2.47. The lowest BCUT2D eigenvalue weighted by Gasteiger charge is -2.36. The van der Waals surface area contributed by atoms with Crippen molar-refractivity contribution < 1.29 is 0 Å². The molecule has 128 valence electrons. The zero-order chi connectivity index (χ0) is 17.2. The lowest BCUT2D eigenvalue weighted by atomic mass is 10.3. The average molecular weight is 400 g/mol. The first-order valence-corrected chi connectivity index (χ1v) is 8.95. The molecule has 0 N–H and O–H groups in total. The Labute approximate surface area is 154 Å². The molecule has 3 aromatic rings. The van der Waals surface area contributed by atoms with Crippen LogP contribution >= 0.6 is 15.9 Å². The van der Waals surface area contributed by atoms with E-state index in [4.69, 9.17) is 0 Å². The van der Waals surface area contributed by atoms with Gasteiger partial charge in [-0.05, 0) is 41.1 Å². The molecule has 0 aromatic carbocycles. The van der Waals surface area contributed by atoms with Crippen molar-refractivity contribution in [2.75, 3.05) is 36.0 Å². The quantitative estimate of drug-likeness (QED) is 0.673. The van der Waals surface area contributed by atoms with Gasteiger partial charge in [0, 0.05) is 55.3 Å². The van der Waals surface area contributed by atoms with E-state index in [-0.39, 0.29) is 0 Å². The molecule has 7 nitrogen and oxygen atoms in total. The van der Waals surface area contributed by atoms with Crippen molar-refractivity contribution in [3.8, 4) is 5.82 Å². The van der Waals surface area contributed by atoms with E-state index in [0.717, 1.165) is 53.9 Å². The maximum atomic E-state index is 4.61. The Bertz CT molecular complexity index is 840. The highest BCUT2D eigenvalue weighted by Gasteiger charge is 2.20. The van der Waals surface area contributed by atoms with E-state index in [2.05, 4.69) is 45.8 Å². The summed E-state index contributed by atoms with van der Waals surface area (Å²) in [6.45, 7) is 5.53. The first-order chi connectivity index (χ1) is 12.2. The van der Waals surface area contributed by atoms with Gasteiger partial charge in [-0.15, -0.1) is 0 Å². The van der Waals surface area contributed by atoms with E-state index < -0.39 is 0 Å². The number of pyridine rings is 1. The molecule has 0 aliphatic carbocycles. The summed E-state index contributed by atoms with van der Waals surface area (Å²) < 4.78 is 2.76. The fourth-order valence-corrected chi connectivity index (χ4v) is 3.17. The largest absolute Gasteiger partial charge is 0.353 e. The normalized spacial score (nSPS) is 14.8. The van der Waals surface area contributed by atoms with Gasteiger partial charge in [0.15, 0.2) is 5.82 Å². The number of rotatable bonds is 3. The van der Waals surface area contributed by atoms with E-state index in [9.17, 15) is 0 Å². The molecule has 25 heavy (non-hydrogen) atoms. The molecule has 4 rings (SSSR count). The number of hydrogen-bond donors (Lipinski definition) is 0. The Morgan fingerprint density at radius 1 is 0.960 bits per heavy atom. The number of piperazine rings is 1. The molecule has 0 radical (unpaired) electrons. The highest BCUT2D eigenvalue weighted by molar-refractivity contribution is 9.10. The summed E-state index contributed by atoms with van der Waals surface area (Å²) in [5, 5.41) is 4.26. The molecule has 0 amide bonds. The molecule has 0 saturated carbocycles. The van der Waals surface area contributed by atoms with E-state index in [1.165, 1.54) is 0 Å². The molecule has 1 fully saturated rings. The van der Waals surface area contributed by atoms with Crippen LogP contribution in [0, 0.1) is 6.92 Å². The molecule has 1 saturated heterocycles. The van der Waals surface area contributed by atoms with Gasteiger partial charge in [0.2, 0.25) is 0 Å². The van der Waals surface area contributed by atoms with Gasteiger partial charge >= 0.3 is 0 Å². The van der Waals surface area contributed by atoms with Crippen molar-refractivity contribution in [1.29, 1.82) is 0 Å². The molecular formula is C17H18BrN7. The van der Waals surface area contributed by atoms with Gasteiger partial charge in [-0.3, -0.25) is 0 Å².